The molecule has 1 aliphatic heterocycles. The molecule has 1 atom stereocenters. The van der Waals surface area contributed by atoms with Crippen LogP contribution in [0, 0.1) is 0 Å². The van der Waals surface area contributed by atoms with Gasteiger partial charge in [0.25, 0.3) is 0 Å². The summed E-state index contributed by atoms with van der Waals surface area (Å²) >= 11 is 0. The zero-order valence-corrected chi connectivity index (χ0v) is 32.9. The van der Waals surface area contributed by atoms with Crippen molar-refractivity contribution in [3.8, 4) is 16.8 Å². The van der Waals surface area contributed by atoms with Crippen LogP contribution in [0.3, 0.4) is 0 Å². The van der Waals surface area contributed by atoms with E-state index in [0.717, 1.165) is 61.6 Å². The van der Waals surface area contributed by atoms with Gasteiger partial charge in [0, 0.05) is 50.0 Å². The molecule has 12 rings (SSSR count). The van der Waals surface area contributed by atoms with Gasteiger partial charge in [-0.15, -0.1) is 24.0 Å². The van der Waals surface area contributed by atoms with Crippen molar-refractivity contribution in [2.45, 2.75) is 6.17 Å². The standard InChI is InChI=1S/C51H32N4O.HI/c1-3-12-31(13-4-1)32-24-26-34(27-25-32)50-52-49(33-14-5-2-6-15-33)53-51(54-50)41-20-11-23-44-46(41)40-29-28-35(30-45(40)56-44)55-42-21-9-18-38-36-16-7-8-17-37(36)39-19-10-22-43(55)48(39)47(38)42;/h1-30,51H,(H,52,53,54);1H. The molecule has 11 aromatic rings. The third kappa shape index (κ3) is 5.21. The van der Waals surface area contributed by atoms with Crippen molar-refractivity contribution in [3.63, 3.8) is 0 Å². The van der Waals surface area contributed by atoms with E-state index in [1.165, 1.54) is 48.9 Å². The molecule has 270 valence electrons. The van der Waals surface area contributed by atoms with Gasteiger partial charge < -0.3 is 14.3 Å². The number of rotatable bonds is 5. The van der Waals surface area contributed by atoms with Crippen LogP contribution >= 0.6 is 24.0 Å². The molecule has 1 N–H and O–H groups in total. The van der Waals surface area contributed by atoms with Gasteiger partial charge in [-0.1, -0.05) is 146 Å². The van der Waals surface area contributed by atoms with Gasteiger partial charge in [0.15, 0.2) is 6.17 Å². The first kappa shape index (κ1) is 33.6. The first-order valence-corrected chi connectivity index (χ1v) is 19.0. The van der Waals surface area contributed by atoms with E-state index in [4.69, 9.17) is 14.4 Å². The normalized spacial score (nSPS) is 14.4. The Bertz CT molecular complexity index is 3290. The molecule has 9 aromatic carbocycles. The van der Waals surface area contributed by atoms with Crippen molar-refractivity contribution >= 4 is 101 Å². The predicted molar refractivity (Wildman–Crippen MR) is 247 cm³/mol. The van der Waals surface area contributed by atoms with Crippen molar-refractivity contribution in [3.05, 3.63) is 199 Å². The highest BCUT2D eigenvalue weighted by atomic mass is 127. The fraction of sp³-hybridized carbons (Fsp3) is 0.0196. The van der Waals surface area contributed by atoms with Gasteiger partial charge in [-0.25, -0.2) is 9.98 Å². The second-order valence-corrected chi connectivity index (χ2v) is 14.5. The van der Waals surface area contributed by atoms with Crippen LogP contribution in [0.5, 0.6) is 0 Å². The number of aliphatic imine (C=N–C) groups is 2. The maximum atomic E-state index is 6.71. The number of benzene rings is 9. The number of hydrogen-bond donors (Lipinski definition) is 1. The van der Waals surface area contributed by atoms with Crippen molar-refractivity contribution in [1.82, 2.24) is 9.88 Å². The average Bonchev–Trinajstić information content (AvgIpc) is 3.82. The summed E-state index contributed by atoms with van der Waals surface area (Å²) in [6.07, 6.45) is -0.489. The monoisotopic (exact) mass is 844 g/mol. The fourth-order valence-corrected chi connectivity index (χ4v) is 8.91. The first-order valence-electron chi connectivity index (χ1n) is 19.0. The molecule has 0 aliphatic carbocycles. The highest BCUT2D eigenvalue weighted by Crippen LogP contribution is 2.44. The first-order chi connectivity index (χ1) is 27.8. The van der Waals surface area contributed by atoms with Crippen molar-refractivity contribution in [2.75, 3.05) is 0 Å². The Labute approximate surface area is 345 Å². The van der Waals surface area contributed by atoms with Crippen LogP contribution in [0.1, 0.15) is 22.9 Å². The number of furan rings is 1. The second kappa shape index (κ2) is 13.2. The van der Waals surface area contributed by atoms with Gasteiger partial charge >= 0.3 is 0 Å². The van der Waals surface area contributed by atoms with Crippen LogP contribution in [0.25, 0.3) is 82.1 Å². The van der Waals surface area contributed by atoms with Gasteiger partial charge in [0.2, 0.25) is 0 Å². The summed E-state index contributed by atoms with van der Waals surface area (Å²) in [7, 11) is 0. The lowest BCUT2D eigenvalue weighted by Crippen LogP contribution is -2.36. The summed E-state index contributed by atoms with van der Waals surface area (Å²) in [5, 5.41) is 13.3. The molecule has 0 fully saturated rings. The summed E-state index contributed by atoms with van der Waals surface area (Å²) in [6, 6.07) is 64.2. The van der Waals surface area contributed by atoms with Gasteiger partial charge in [-0.05, 0) is 63.0 Å². The minimum atomic E-state index is -0.489. The van der Waals surface area contributed by atoms with Crippen molar-refractivity contribution in [1.29, 1.82) is 0 Å². The highest BCUT2D eigenvalue weighted by Gasteiger charge is 2.25. The van der Waals surface area contributed by atoms with E-state index >= 15 is 0 Å². The quantitative estimate of drug-likeness (QED) is 0.139. The zero-order chi connectivity index (χ0) is 36.7. The maximum absolute atomic E-state index is 6.71. The van der Waals surface area contributed by atoms with E-state index in [1.807, 2.05) is 36.4 Å². The van der Waals surface area contributed by atoms with Crippen molar-refractivity contribution < 1.29 is 4.42 Å². The van der Waals surface area contributed by atoms with E-state index in [9.17, 15) is 0 Å². The maximum Gasteiger partial charge on any atom is 0.170 e. The number of aromatic nitrogens is 1. The molecule has 3 heterocycles. The summed E-state index contributed by atoms with van der Waals surface area (Å²) in [5.41, 5.74) is 10.4. The minimum absolute atomic E-state index is 0. The number of hydrogen-bond acceptors (Lipinski definition) is 4. The Kier molecular flexibility index (Phi) is 7.76. The molecule has 0 spiro atoms. The summed E-state index contributed by atoms with van der Waals surface area (Å²) < 4.78 is 9.10. The molecule has 6 heteroatoms. The minimum Gasteiger partial charge on any atom is -0.456 e. The van der Waals surface area contributed by atoms with Crippen LogP contribution in [-0.2, 0) is 0 Å². The van der Waals surface area contributed by atoms with Gasteiger partial charge in [0.1, 0.15) is 22.8 Å². The number of halogens is 1. The molecule has 0 amide bonds. The lowest BCUT2D eigenvalue weighted by atomic mass is 9.95. The Hall–Kier alpha value is -6.77. The summed E-state index contributed by atoms with van der Waals surface area (Å²) in [4.78, 5) is 10.5. The van der Waals surface area contributed by atoms with E-state index in [1.54, 1.807) is 0 Å². The number of nitrogens with zero attached hydrogens (tertiary/aromatic N) is 3. The van der Waals surface area contributed by atoms with Gasteiger partial charge in [-0.3, -0.25) is 0 Å². The van der Waals surface area contributed by atoms with Crippen LogP contribution in [-0.4, -0.2) is 16.2 Å². The van der Waals surface area contributed by atoms with E-state index in [2.05, 4.69) is 155 Å². The molecule has 0 saturated heterocycles. The SMILES string of the molecule is I.c1ccc(C2=NC(c3cccc4oc5cc(-n6c7cccc8c9ccccc9c9cccc6c9c87)ccc5c34)N=C(c3ccc(-c4ccccc4)cc3)N2)cc1. The molecule has 0 radical (unpaired) electrons. The van der Waals surface area contributed by atoms with Crippen LogP contribution < -0.4 is 5.32 Å². The zero-order valence-electron chi connectivity index (χ0n) is 30.6. The predicted octanol–water partition coefficient (Wildman–Crippen LogP) is 13.2. The number of fused-ring (bicyclic) bond motifs is 6. The molecule has 1 aliphatic rings. The number of nitrogens with one attached hydrogen (secondary N) is 1. The molecule has 0 bridgehead atoms. The summed E-state index contributed by atoms with van der Waals surface area (Å²) in [6.45, 7) is 0. The molecule has 5 nitrogen and oxygen atoms in total. The molecule has 57 heavy (non-hydrogen) atoms. The number of amidine groups is 2. The van der Waals surface area contributed by atoms with Gasteiger partial charge in [0.05, 0.1) is 11.0 Å². The molecular formula is C51H33IN4O. The third-order valence-electron chi connectivity index (χ3n) is 11.4. The molecular weight excluding hydrogens is 811 g/mol. The Balaban J connectivity index is 0.00000374. The molecule has 1 unspecified atom stereocenters. The van der Waals surface area contributed by atoms with Crippen LogP contribution in [0.15, 0.2) is 196 Å². The second-order valence-electron chi connectivity index (χ2n) is 14.5. The smallest absolute Gasteiger partial charge is 0.170 e. The fourth-order valence-electron chi connectivity index (χ4n) is 8.91. The lowest BCUT2D eigenvalue weighted by Gasteiger charge is -2.23. The Morgan fingerprint density at radius 2 is 0.947 bits per heavy atom. The van der Waals surface area contributed by atoms with Crippen LogP contribution in [0.4, 0.5) is 0 Å². The van der Waals surface area contributed by atoms with Gasteiger partial charge in [-0.2, -0.15) is 0 Å². The van der Waals surface area contributed by atoms with E-state index in [0.29, 0.717) is 0 Å². The lowest BCUT2D eigenvalue weighted by molar-refractivity contribution is 0.667. The highest BCUT2D eigenvalue weighted by molar-refractivity contribution is 14.0. The molecule has 0 saturated carbocycles. The topological polar surface area (TPSA) is 54.8 Å². The molecule has 2 aromatic heterocycles. The summed E-state index contributed by atoms with van der Waals surface area (Å²) in [5.74, 6) is 1.56. The van der Waals surface area contributed by atoms with Crippen LogP contribution in [0.2, 0.25) is 0 Å². The average molecular weight is 845 g/mol. The largest absolute Gasteiger partial charge is 0.456 e. The van der Waals surface area contributed by atoms with Crippen molar-refractivity contribution in [2.24, 2.45) is 9.98 Å². The Morgan fingerprint density at radius 3 is 1.60 bits per heavy atom. The third-order valence-corrected chi connectivity index (χ3v) is 11.4. The van der Waals surface area contributed by atoms with E-state index < -0.39 is 6.17 Å². The Morgan fingerprint density at radius 1 is 0.421 bits per heavy atom. The van der Waals surface area contributed by atoms with E-state index in [-0.39, 0.29) is 24.0 Å².